The van der Waals surface area contributed by atoms with Crippen molar-refractivity contribution in [2.24, 2.45) is 0 Å². The van der Waals surface area contributed by atoms with Crippen molar-refractivity contribution in [3.63, 3.8) is 0 Å². The van der Waals surface area contributed by atoms with Crippen LogP contribution < -0.4 is 4.52 Å². The standard InChI is InChI=1S/C10H14NO5PS.Zn/c1-3-14-17(18,15-4-2)16-10-7-5-9(6-8-10)11(12)13;/h5-8H,3-4H2,1-2H3;. The van der Waals surface area contributed by atoms with E-state index in [0.717, 1.165) is 0 Å². The van der Waals surface area contributed by atoms with Gasteiger partial charge in [-0.1, -0.05) is 0 Å². The molecule has 0 spiro atoms. The van der Waals surface area contributed by atoms with Gasteiger partial charge in [-0.3, -0.25) is 19.2 Å². The summed E-state index contributed by atoms with van der Waals surface area (Å²) in [5, 5.41) is 10.5. The summed E-state index contributed by atoms with van der Waals surface area (Å²) in [6.45, 7) is 1.52. The summed E-state index contributed by atoms with van der Waals surface area (Å²) in [7, 11) is 0. The minimum absolute atomic E-state index is 0. The summed E-state index contributed by atoms with van der Waals surface area (Å²) in [5.41, 5.74) is -0.0107. The van der Waals surface area contributed by atoms with Gasteiger partial charge in [0.05, 0.1) is 18.1 Å². The van der Waals surface area contributed by atoms with E-state index in [-0.39, 0.29) is 25.2 Å². The van der Waals surface area contributed by atoms with Crippen LogP contribution in [-0.2, 0) is 40.3 Å². The molecule has 0 fully saturated rings. The first-order valence-electron chi connectivity index (χ1n) is 5.34. The van der Waals surface area contributed by atoms with E-state index >= 15 is 0 Å². The minimum Gasteiger partial charge on any atom is -0.424 e. The van der Waals surface area contributed by atoms with Crippen LogP contribution in [0.1, 0.15) is 13.8 Å². The molecule has 0 atom stereocenters. The van der Waals surface area contributed by atoms with Gasteiger partial charge in [0, 0.05) is 43.4 Å². The molecule has 0 aliphatic rings. The molecule has 1 aromatic rings. The van der Waals surface area contributed by atoms with Crippen molar-refractivity contribution in [3.8, 4) is 5.75 Å². The van der Waals surface area contributed by atoms with E-state index in [9.17, 15) is 10.1 Å². The van der Waals surface area contributed by atoms with Gasteiger partial charge < -0.3 is 4.52 Å². The van der Waals surface area contributed by atoms with Crippen molar-refractivity contribution in [2.45, 2.75) is 13.8 Å². The molecule has 0 amide bonds. The van der Waals surface area contributed by atoms with Crippen LogP contribution in [0.25, 0.3) is 0 Å². The minimum atomic E-state index is -2.82. The molecule has 19 heavy (non-hydrogen) atoms. The molecule has 6 nitrogen and oxygen atoms in total. The Morgan fingerprint density at radius 2 is 1.68 bits per heavy atom. The number of rotatable bonds is 7. The Labute approximate surface area is 129 Å². The van der Waals surface area contributed by atoms with Gasteiger partial charge in [-0.2, -0.15) is 0 Å². The Balaban J connectivity index is 0.00000324. The molecule has 0 unspecified atom stereocenters. The van der Waals surface area contributed by atoms with Crippen molar-refractivity contribution in [1.29, 1.82) is 0 Å². The van der Waals surface area contributed by atoms with Crippen LogP contribution in [0.3, 0.4) is 0 Å². The van der Waals surface area contributed by atoms with Crippen LogP contribution in [0.4, 0.5) is 5.69 Å². The SMILES string of the molecule is CCOP(=S)(OCC)Oc1ccc([N+](=O)[O-])cc1.[Zn]. The Bertz CT molecular complexity index is 446. The predicted octanol–water partition coefficient (Wildman–Crippen LogP) is 3.27. The molecule has 1 aromatic carbocycles. The molecule has 0 bridgehead atoms. The first-order valence-corrected chi connectivity index (χ1v) is 7.89. The summed E-state index contributed by atoms with van der Waals surface area (Å²) < 4.78 is 16.1. The Morgan fingerprint density at radius 3 is 2.05 bits per heavy atom. The predicted molar refractivity (Wildman–Crippen MR) is 71.3 cm³/mol. The van der Waals surface area contributed by atoms with Crippen molar-refractivity contribution in [3.05, 3.63) is 34.4 Å². The summed E-state index contributed by atoms with van der Waals surface area (Å²) in [4.78, 5) is 10.0. The topological polar surface area (TPSA) is 70.8 Å². The van der Waals surface area contributed by atoms with Crippen molar-refractivity contribution < 1.29 is 38.0 Å². The number of hydrogen-bond donors (Lipinski definition) is 0. The first kappa shape index (κ1) is 18.6. The summed E-state index contributed by atoms with van der Waals surface area (Å²) in [6.07, 6.45) is 0. The fourth-order valence-electron chi connectivity index (χ4n) is 1.16. The maximum atomic E-state index is 10.5. The number of non-ortho nitro benzene ring substituents is 1. The molecule has 9 heteroatoms. The summed E-state index contributed by atoms with van der Waals surface area (Å²) >= 11 is 5.18. The van der Waals surface area contributed by atoms with Crippen LogP contribution in [0, 0.1) is 10.1 Å². The second-order valence-electron chi connectivity index (χ2n) is 3.13. The maximum Gasteiger partial charge on any atom is 0.380 e. The van der Waals surface area contributed by atoms with Gasteiger partial charge in [0.25, 0.3) is 5.69 Å². The first-order chi connectivity index (χ1) is 8.50. The Kier molecular flexibility index (Phi) is 8.54. The molecule has 0 aromatic heterocycles. The zero-order valence-corrected chi connectivity index (χ0v) is 15.5. The molecule has 0 radical (unpaired) electrons. The van der Waals surface area contributed by atoms with Crippen LogP contribution >= 0.6 is 6.72 Å². The Morgan fingerprint density at radius 1 is 1.21 bits per heavy atom. The molecule has 0 aliphatic heterocycles. The maximum absolute atomic E-state index is 10.5. The van der Waals surface area contributed by atoms with Crippen LogP contribution in [-0.4, -0.2) is 18.1 Å². The molecule has 0 heterocycles. The van der Waals surface area contributed by atoms with E-state index in [1.807, 2.05) is 0 Å². The van der Waals surface area contributed by atoms with Gasteiger partial charge in [-0.15, -0.1) is 0 Å². The molecule has 0 saturated carbocycles. The van der Waals surface area contributed by atoms with E-state index in [4.69, 9.17) is 25.4 Å². The second kappa shape index (κ2) is 8.72. The molecule has 0 saturated heterocycles. The van der Waals surface area contributed by atoms with Gasteiger partial charge in [0.1, 0.15) is 5.75 Å². The van der Waals surface area contributed by atoms with Gasteiger partial charge >= 0.3 is 6.72 Å². The number of nitro benzene ring substituents is 1. The molecule has 102 valence electrons. The zero-order chi connectivity index (χ0) is 13.6. The van der Waals surface area contributed by atoms with Crippen molar-refractivity contribution in [2.75, 3.05) is 13.2 Å². The van der Waals surface area contributed by atoms with Crippen LogP contribution in [0.2, 0.25) is 0 Å². The van der Waals surface area contributed by atoms with Crippen LogP contribution in [0.5, 0.6) is 5.75 Å². The molecule has 0 N–H and O–H groups in total. The molecular weight excluding hydrogens is 343 g/mol. The second-order valence-corrected chi connectivity index (χ2v) is 6.06. The monoisotopic (exact) mass is 355 g/mol. The van der Waals surface area contributed by atoms with Crippen molar-refractivity contribution in [1.82, 2.24) is 0 Å². The van der Waals surface area contributed by atoms with Gasteiger partial charge in [0.15, 0.2) is 0 Å². The normalized spacial score (nSPS) is 10.6. The van der Waals surface area contributed by atoms with Gasteiger partial charge in [0.2, 0.25) is 0 Å². The van der Waals surface area contributed by atoms with E-state index in [2.05, 4.69) is 0 Å². The number of nitrogens with zero attached hydrogens (tertiary/aromatic N) is 1. The van der Waals surface area contributed by atoms with Gasteiger partial charge in [-0.25, -0.2) is 0 Å². The number of hydrogen-bond acceptors (Lipinski definition) is 6. The molecular formula is C10H14NO5PSZn. The fourth-order valence-corrected chi connectivity index (χ4v) is 3.25. The Hall–Kier alpha value is -0.387. The summed E-state index contributed by atoms with van der Waals surface area (Å²) in [5.74, 6) is 0.394. The average molecular weight is 357 g/mol. The van der Waals surface area contributed by atoms with E-state index in [0.29, 0.717) is 19.0 Å². The molecule has 1 rings (SSSR count). The van der Waals surface area contributed by atoms with E-state index < -0.39 is 11.6 Å². The van der Waals surface area contributed by atoms with Crippen LogP contribution in [0.15, 0.2) is 24.3 Å². The van der Waals surface area contributed by atoms with E-state index in [1.165, 1.54) is 24.3 Å². The smallest absolute Gasteiger partial charge is 0.380 e. The third-order valence-electron chi connectivity index (χ3n) is 1.84. The average Bonchev–Trinajstić information content (AvgIpc) is 2.30. The fraction of sp³-hybridized carbons (Fsp3) is 0.400. The van der Waals surface area contributed by atoms with Crippen molar-refractivity contribution >= 4 is 24.2 Å². The zero-order valence-electron chi connectivity index (χ0n) is 10.8. The molecule has 0 aliphatic carbocycles. The summed E-state index contributed by atoms with van der Waals surface area (Å²) in [6, 6.07) is 5.62. The third-order valence-corrected chi connectivity index (χ3v) is 4.28. The van der Waals surface area contributed by atoms with Gasteiger partial charge in [-0.05, 0) is 26.0 Å². The number of nitro groups is 1. The third kappa shape index (κ3) is 6.06. The largest absolute Gasteiger partial charge is 0.424 e. The van der Waals surface area contributed by atoms with E-state index in [1.54, 1.807) is 13.8 Å². The quantitative estimate of drug-likeness (QED) is 0.323. The number of benzene rings is 1.